The maximum absolute atomic E-state index is 11.7. The van der Waals surface area contributed by atoms with Crippen LogP contribution in [-0.2, 0) is 17.8 Å². The molecule has 0 saturated carbocycles. The average Bonchev–Trinajstić information content (AvgIpc) is 2.62. The Kier molecular flexibility index (Phi) is 6.87. The Morgan fingerprint density at radius 2 is 1.72 bits per heavy atom. The molecular formula is C21H26O4. The van der Waals surface area contributed by atoms with Crippen LogP contribution in [0.5, 0.6) is 17.2 Å². The van der Waals surface area contributed by atoms with Gasteiger partial charge in [0.25, 0.3) is 0 Å². The number of carbonyl (C=O) groups excluding carboxylic acids is 1. The summed E-state index contributed by atoms with van der Waals surface area (Å²) in [6.07, 6.45) is 1.31. The van der Waals surface area contributed by atoms with Gasteiger partial charge in [-0.05, 0) is 49.6 Å². The molecule has 25 heavy (non-hydrogen) atoms. The second kappa shape index (κ2) is 9.11. The van der Waals surface area contributed by atoms with Crippen molar-refractivity contribution in [2.45, 2.75) is 47.1 Å². The average molecular weight is 342 g/mol. The van der Waals surface area contributed by atoms with Crippen LogP contribution >= 0.6 is 0 Å². The first kappa shape index (κ1) is 18.8. The highest BCUT2D eigenvalue weighted by Crippen LogP contribution is 2.31. The van der Waals surface area contributed by atoms with Crippen LogP contribution in [0, 0.1) is 6.92 Å². The number of hydrogen-bond acceptors (Lipinski definition) is 4. The molecule has 0 aliphatic carbocycles. The Morgan fingerprint density at radius 1 is 0.960 bits per heavy atom. The highest BCUT2D eigenvalue weighted by Gasteiger charge is 2.15. The van der Waals surface area contributed by atoms with E-state index in [1.54, 1.807) is 13.0 Å². The standard InChI is InChI=1S/C21H26O4/c1-5-16-11-12-18(15(4)13-16)24-14-17-19(23-7-3)9-8-10-20(17)25-21(22)6-2/h8-13H,5-7,14H2,1-4H3. The van der Waals surface area contributed by atoms with Crippen molar-refractivity contribution in [1.82, 2.24) is 0 Å². The van der Waals surface area contributed by atoms with Crippen molar-refractivity contribution in [1.29, 1.82) is 0 Å². The lowest BCUT2D eigenvalue weighted by Crippen LogP contribution is -2.10. The molecule has 2 aromatic rings. The summed E-state index contributed by atoms with van der Waals surface area (Å²) >= 11 is 0. The van der Waals surface area contributed by atoms with Crippen LogP contribution in [0.15, 0.2) is 36.4 Å². The molecule has 0 aliphatic rings. The SMILES string of the molecule is CCOc1cccc(OC(=O)CC)c1COc1ccc(CC)cc1C. The molecule has 0 fully saturated rings. The van der Waals surface area contributed by atoms with Gasteiger partial charge in [-0.3, -0.25) is 4.79 Å². The highest BCUT2D eigenvalue weighted by atomic mass is 16.5. The molecule has 0 unspecified atom stereocenters. The number of benzene rings is 2. The Labute approximate surface area is 149 Å². The molecule has 0 spiro atoms. The monoisotopic (exact) mass is 342 g/mol. The molecule has 134 valence electrons. The van der Waals surface area contributed by atoms with Crippen molar-refractivity contribution in [2.24, 2.45) is 0 Å². The topological polar surface area (TPSA) is 44.8 Å². The third-order valence-corrected chi connectivity index (χ3v) is 3.92. The minimum Gasteiger partial charge on any atom is -0.493 e. The summed E-state index contributed by atoms with van der Waals surface area (Å²) < 4.78 is 17.1. The maximum Gasteiger partial charge on any atom is 0.310 e. The van der Waals surface area contributed by atoms with Crippen LogP contribution in [0.1, 0.15) is 43.9 Å². The van der Waals surface area contributed by atoms with E-state index in [-0.39, 0.29) is 12.6 Å². The highest BCUT2D eigenvalue weighted by molar-refractivity contribution is 5.72. The summed E-state index contributed by atoms with van der Waals surface area (Å²) in [6, 6.07) is 11.6. The van der Waals surface area contributed by atoms with E-state index in [0.29, 0.717) is 24.5 Å². The molecule has 0 saturated heterocycles. The molecule has 0 aliphatic heterocycles. The van der Waals surface area contributed by atoms with Gasteiger partial charge in [-0.1, -0.05) is 32.0 Å². The normalized spacial score (nSPS) is 10.4. The summed E-state index contributed by atoms with van der Waals surface area (Å²) in [4.78, 5) is 11.7. The van der Waals surface area contributed by atoms with E-state index in [0.717, 1.165) is 23.3 Å². The maximum atomic E-state index is 11.7. The number of ether oxygens (including phenoxy) is 3. The molecule has 4 nitrogen and oxygen atoms in total. The van der Waals surface area contributed by atoms with Crippen molar-refractivity contribution in [3.8, 4) is 17.2 Å². The Bertz CT molecular complexity index is 722. The van der Waals surface area contributed by atoms with Crippen LogP contribution < -0.4 is 14.2 Å². The fourth-order valence-electron chi connectivity index (χ4n) is 2.51. The van der Waals surface area contributed by atoms with E-state index in [4.69, 9.17) is 14.2 Å². The van der Waals surface area contributed by atoms with E-state index in [1.165, 1.54) is 5.56 Å². The molecule has 0 aromatic heterocycles. The minimum atomic E-state index is -0.279. The quantitative estimate of drug-likeness (QED) is 0.508. The van der Waals surface area contributed by atoms with Crippen LogP contribution in [0.2, 0.25) is 0 Å². The van der Waals surface area contributed by atoms with Crippen molar-refractivity contribution >= 4 is 5.97 Å². The zero-order chi connectivity index (χ0) is 18.2. The number of esters is 1. The molecule has 2 rings (SSSR count). The predicted octanol–water partition coefficient (Wildman–Crippen LogP) is 4.85. The van der Waals surface area contributed by atoms with E-state index in [1.807, 2.05) is 32.0 Å². The molecule has 0 amide bonds. The summed E-state index contributed by atoms with van der Waals surface area (Å²) in [5.41, 5.74) is 3.10. The van der Waals surface area contributed by atoms with Gasteiger partial charge in [0.2, 0.25) is 0 Å². The Balaban J connectivity index is 2.25. The molecular weight excluding hydrogens is 316 g/mol. The Hall–Kier alpha value is -2.49. The lowest BCUT2D eigenvalue weighted by atomic mass is 10.1. The third-order valence-electron chi connectivity index (χ3n) is 3.92. The lowest BCUT2D eigenvalue weighted by molar-refractivity contribution is -0.134. The van der Waals surface area contributed by atoms with Gasteiger partial charge in [-0.2, -0.15) is 0 Å². The first-order valence-electron chi connectivity index (χ1n) is 8.76. The fraction of sp³-hybridized carbons (Fsp3) is 0.381. The number of carbonyl (C=O) groups is 1. The van der Waals surface area contributed by atoms with Gasteiger partial charge >= 0.3 is 5.97 Å². The molecule has 0 bridgehead atoms. The van der Waals surface area contributed by atoms with Gasteiger partial charge in [0, 0.05) is 6.42 Å². The number of rotatable bonds is 8. The second-order valence-corrected chi connectivity index (χ2v) is 5.74. The van der Waals surface area contributed by atoms with Crippen molar-refractivity contribution in [2.75, 3.05) is 6.61 Å². The van der Waals surface area contributed by atoms with Crippen molar-refractivity contribution < 1.29 is 19.0 Å². The fourth-order valence-corrected chi connectivity index (χ4v) is 2.51. The molecule has 0 N–H and O–H groups in total. The molecule has 0 atom stereocenters. The van der Waals surface area contributed by atoms with Gasteiger partial charge in [0.15, 0.2) is 0 Å². The predicted molar refractivity (Wildman–Crippen MR) is 98.4 cm³/mol. The van der Waals surface area contributed by atoms with Gasteiger partial charge in [0.05, 0.1) is 12.2 Å². The van der Waals surface area contributed by atoms with E-state index in [9.17, 15) is 4.79 Å². The van der Waals surface area contributed by atoms with Crippen LogP contribution in [0.25, 0.3) is 0 Å². The first-order chi connectivity index (χ1) is 12.1. The van der Waals surface area contributed by atoms with Crippen molar-refractivity contribution in [3.05, 3.63) is 53.1 Å². The number of hydrogen-bond donors (Lipinski definition) is 0. The molecule has 0 radical (unpaired) electrons. The number of aryl methyl sites for hydroxylation is 2. The first-order valence-corrected chi connectivity index (χ1v) is 8.76. The second-order valence-electron chi connectivity index (χ2n) is 5.74. The zero-order valence-corrected chi connectivity index (χ0v) is 15.4. The summed E-state index contributed by atoms with van der Waals surface area (Å²) in [5.74, 6) is 1.70. The van der Waals surface area contributed by atoms with Crippen molar-refractivity contribution in [3.63, 3.8) is 0 Å². The van der Waals surface area contributed by atoms with Crippen LogP contribution in [0.4, 0.5) is 0 Å². The molecule has 2 aromatic carbocycles. The van der Waals surface area contributed by atoms with Crippen LogP contribution in [-0.4, -0.2) is 12.6 Å². The van der Waals surface area contributed by atoms with Crippen LogP contribution in [0.3, 0.4) is 0 Å². The van der Waals surface area contributed by atoms with E-state index in [2.05, 4.69) is 19.1 Å². The summed E-state index contributed by atoms with van der Waals surface area (Å²) in [5, 5.41) is 0. The zero-order valence-electron chi connectivity index (χ0n) is 15.4. The third kappa shape index (κ3) is 4.99. The van der Waals surface area contributed by atoms with Gasteiger partial charge < -0.3 is 14.2 Å². The van der Waals surface area contributed by atoms with E-state index < -0.39 is 0 Å². The van der Waals surface area contributed by atoms with Gasteiger partial charge in [-0.25, -0.2) is 0 Å². The van der Waals surface area contributed by atoms with E-state index >= 15 is 0 Å². The smallest absolute Gasteiger partial charge is 0.310 e. The van der Waals surface area contributed by atoms with Gasteiger partial charge in [0.1, 0.15) is 23.9 Å². The lowest BCUT2D eigenvalue weighted by Gasteiger charge is -2.16. The van der Waals surface area contributed by atoms with Gasteiger partial charge in [-0.15, -0.1) is 0 Å². The largest absolute Gasteiger partial charge is 0.493 e. The molecule has 0 heterocycles. The summed E-state index contributed by atoms with van der Waals surface area (Å²) in [6.45, 7) is 8.65. The Morgan fingerprint density at radius 3 is 2.36 bits per heavy atom. The molecule has 4 heteroatoms. The minimum absolute atomic E-state index is 0.273. The summed E-state index contributed by atoms with van der Waals surface area (Å²) in [7, 11) is 0.